The molecule has 2 fully saturated rings. The van der Waals surface area contributed by atoms with Crippen molar-refractivity contribution in [2.45, 2.75) is 70.9 Å². The molecule has 2 aliphatic rings. The average molecular weight is 628 g/mol. The highest BCUT2D eigenvalue weighted by molar-refractivity contribution is 5.84. The summed E-state index contributed by atoms with van der Waals surface area (Å²) in [5.74, 6) is -3.34. The Morgan fingerprint density at radius 3 is 1.91 bits per heavy atom. The van der Waals surface area contributed by atoms with Gasteiger partial charge in [0.05, 0.1) is 15.8 Å². The van der Waals surface area contributed by atoms with Gasteiger partial charge in [-0.05, 0) is 68.8 Å². The second-order valence-corrected chi connectivity index (χ2v) is 14.1. The molecule has 0 spiro atoms. The van der Waals surface area contributed by atoms with Crippen molar-refractivity contribution in [3.05, 3.63) is 112 Å². The Bertz CT molecular complexity index is 1550. The van der Waals surface area contributed by atoms with Crippen molar-refractivity contribution < 1.29 is 24.7 Å². The first-order chi connectivity index (χ1) is 21.7. The minimum absolute atomic E-state index is 0.184. The van der Waals surface area contributed by atoms with Crippen LogP contribution in [0.3, 0.4) is 0 Å². The lowest BCUT2D eigenvalue weighted by Gasteiger charge is -2.62. The highest BCUT2D eigenvalue weighted by atomic mass is 16.6. The number of hydrogen-bond acceptors (Lipinski definition) is 6. The Labute approximate surface area is 270 Å². The molecular formula is C37H45N3O6. The third kappa shape index (κ3) is 5.19. The molecule has 9 heteroatoms. The first-order valence-corrected chi connectivity index (χ1v) is 16.0. The fraction of sp³-hybridized carbons (Fsp3) is 0.459. The number of nitro groups is 1. The molecule has 2 saturated heterocycles. The minimum atomic E-state index is -1.64. The number of likely N-dealkylation sites (tertiary alicyclic amines) is 1. The predicted octanol–water partition coefficient (Wildman–Crippen LogP) is 6.33. The molecule has 46 heavy (non-hydrogen) atoms. The Kier molecular flexibility index (Phi) is 8.87. The van der Waals surface area contributed by atoms with E-state index in [1.807, 2.05) is 32.9 Å². The van der Waals surface area contributed by atoms with Crippen LogP contribution in [0.2, 0.25) is 0 Å². The molecule has 4 unspecified atom stereocenters. The van der Waals surface area contributed by atoms with E-state index >= 15 is 0 Å². The van der Waals surface area contributed by atoms with Crippen molar-refractivity contribution in [1.82, 2.24) is 10.2 Å². The number of carboxylic acid groups (broad SMARTS) is 2. The van der Waals surface area contributed by atoms with Crippen molar-refractivity contribution in [1.29, 1.82) is 0 Å². The van der Waals surface area contributed by atoms with E-state index < -0.39 is 51.1 Å². The molecular weight excluding hydrogens is 582 g/mol. The number of aliphatic carboxylic acids is 2. The quantitative estimate of drug-likeness (QED) is 0.185. The Morgan fingerprint density at radius 1 is 0.891 bits per heavy atom. The second-order valence-electron chi connectivity index (χ2n) is 14.1. The summed E-state index contributed by atoms with van der Waals surface area (Å²) >= 11 is 0. The van der Waals surface area contributed by atoms with Gasteiger partial charge in [0.2, 0.25) is 0 Å². The van der Waals surface area contributed by atoms with E-state index in [2.05, 4.69) is 58.7 Å². The lowest BCUT2D eigenvalue weighted by Crippen LogP contribution is -2.73. The van der Waals surface area contributed by atoms with Gasteiger partial charge >= 0.3 is 11.9 Å². The first kappa shape index (κ1) is 33.3. The molecule has 9 nitrogen and oxygen atoms in total. The van der Waals surface area contributed by atoms with Gasteiger partial charge in [-0.1, -0.05) is 86.6 Å². The number of nitro benzene ring substituents is 1. The summed E-state index contributed by atoms with van der Waals surface area (Å²) in [6.07, 6.45) is 1.67. The van der Waals surface area contributed by atoms with Crippen LogP contribution in [0.5, 0.6) is 0 Å². The zero-order chi connectivity index (χ0) is 33.5. The van der Waals surface area contributed by atoms with Crippen LogP contribution in [-0.2, 0) is 15.0 Å². The maximum absolute atomic E-state index is 13.9. The van der Waals surface area contributed by atoms with Gasteiger partial charge in [-0.2, -0.15) is 0 Å². The fourth-order valence-corrected chi connectivity index (χ4v) is 9.00. The van der Waals surface area contributed by atoms with E-state index in [0.717, 1.165) is 25.9 Å². The summed E-state index contributed by atoms with van der Waals surface area (Å²) < 4.78 is 0. The Balaban J connectivity index is 1.57. The minimum Gasteiger partial charge on any atom is -0.481 e. The number of carbonyl (C=O) groups is 2. The van der Waals surface area contributed by atoms with Crippen LogP contribution in [0.4, 0.5) is 5.69 Å². The molecule has 0 aliphatic carbocycles. The van der Waals surface area contributed by atoms with Crippen LogP contribution >= 0.6 is 0 Å². The summed E-state index contributed by atoms with van der Waals surface area (Å²) in [6, 6.07) is 25.6. The van der Waals surface area contributed by atoms with Crippen LogP contribution in [0, 0.1) is 26.4 Å². The molecule has 5 atom stereocenters. The average Bonchev–Trinajstić information content (AvgIpc) is 3.03. The molecule has 2 heterocycles. The lowest BCUT2D eigenvalue weighted by atomic mass is 9.45. The molecule has 3 aromatic carbocycles. The smallest absolute Gasteiger partial charge is 0.312 e. The van der Waals surface area contributed by atoms with Gasteiger partial charge in [-0.15, -0.1) is 0 Å². The number of nitrogens with one attached hydrogen (secondary N) is 1. The van der Waals surface area contributed by atoms with Crippen LogP contribution in [-0.4, -0.2) is 63.7 Å². The highest BCUT2D eigenvalue weighted by Crippen LogP contribution is 2.62. The van der Waals surface area contributed by atoms with Crippen LogP contribution in [0.1, 0.15) is 70.1 Å². The number of carboxylic acids is 2. The second kappa shape index (κ2) is 12.3. The van der Waals surface area contributed by atoms with Gasteiger partial charge in [0, 0.05) is 42.1 Å². The van der Waals surface area contributed by atoms with Gasteiger partial charge in [0.15, 0.2) is 0 Å². The monoisotopic (exact) mass is 627 g/mol. The molecule has 0 amide bonds. The maximum atomic E-state index is 13.9. The molecule has 0 saturated carbocycles. The van der Waals surface area contributed by atoms with E-state index in [-0.39, 0.29) is 11.1 Å². The van der Waals surface area contributed by atoms with Crippen molar-refractivity contribution in [3.8, 4) is 0 Å². The third-order valence-corrected chi connectivity index (χ3v) is 11.5. The van der Waals surface area contributed by atoms with E-state index in [9.17, 15) is 29.9 Å². The van der Waals surface area contributed by atoms with Crippen molar-refractivity contribution in [2.24, 2.45) is 16.2 Å². The largest absolute Gasteiger partial charge is 0.481 e. The number of piperidine rings is 2. The summed E-state index contributed by atoms with van der Waals surface area (Å²) in [7, 11) is 0. The maximum Gasteiger partial charge on any atom is 0.312 e. The van der Waals surface area contributed by atoms with Gasteiger partial charge in [0.1, 0.15) is 0 Å². The molecule has 0 radical (unpaired) electrons. The summed E-state index contributed by atoms with van der Waals surface area (Å²) in [4.78, 5) is 40.7. The molecule has 2 aliphatic heterocycles. The van der Waals surface area contributed by atoms with Gasteiger partial charge in [-0.25, -0.2) is 0 Å². The number of rotatable bonds is 9. The lowest BCUT2D eigenvalue weighted by molar-refractivity contribution is -0.385. The van der Waals surface area contributed by atoms with Crippen molar-refractivity contribution in [2.75, 3.05) is 19.6 Å². The summed E-state index contributed by atoms with van der Waals surface area (Å²) in [5, 5.41) is 37.3. The van der Waals surface area contributed by atoms with Gasteiger partial charge < -0.3 is 20.4 Å². The molecule has 3 aromatic rings. The van der Waals surface area contributed by atoms with E-state index in [0.29, 0.717) is 12.1 Å². The number of nitrogens with zero attached hydrogens (tertiary/aromatic N) is 2. The van der Waals surface area contributed by atoms with Gasteiger partial charge in [0.25, 0.3) is 5.69 Å². The highest BCUT2D eigenvalue weighted by Gasteiger charge is 2.70. The predicted molar refractivity (Wildman–Crippen MR) is 177 cm³/mol. The van der Waals surface area contributed by atoms with Crippen LogP contribution in [0.15, 0.2) is 84.9 Å². The Morgan fingerprint density at radius 2 is 1.43 bits per heavy atom. The van der Waals surface area contributed by atoms with E-state index in [1.165, 1.54) is 29.3 Å². The van der Waals surface area contributed by atoms with Crippen molar-refractivity contribution in [3.63, 3.8) is 0 Å². The standard InChI is InChI=1S/C37H45N3O6/c1-25-35(5,32(41)42)31(27-13-12-18-30(23-27)40(45)46)37(33(43)44,26(2)38-25)34(3,4)24-39-21-19-36(20-22-39,28-14-8-6-9-15-28)29-16-10-7-11-17-29/h6-18,23,25-26,31,38H,19-22,24H2,1-5H3,(H,41,42)(H,43,44)/t25-,26?,31?,35?,37?/m1/s1. The topological polar surface area (TPSA) is 133 Å². The summed E-state index contributed by atoms with van der Waals surface area (Å²) in [6.45, 7) is 10.8. The summed E-state index contributed by atoms with van der Waals surface area (Å²) in [5.41, 5.74) is -1.73. The fourth-order valence-electron chi connectivity index (χ4n) is 9.00. The van der Waals surface area contributed by atoms with Crippen molar-refractivity contribution >= 4 is 17.6 Å². The SMILES string of the molecule is CC1N[C@H](C)C(C)(C(=O)O)C(c2cccc([N+](=O)[O-])c2)C1(C(=O)O)C(C)(C)CN1CCC(c2ccccc2)(c2ccccc2)CC1. The van der Waals surface area contributed by atoms with Gasteiger partial charge in [-0.3, -0.25) is 19.7 Å². The third-order valence-electron chi connectivity index (χ3n) is 11.5. The zero-order valence-electron chi connectivity index (χ0n) is 27.3. The van der Waals surface area contributed by atoms with Crippen LogP contribution < -0.4 is 5.32 Å². The normalized spacial score (nSPS) is 28.3. The van der Waals surface area contributed by atoms with E-state index in [4.69, 9.17) is 0 Å². The molecule has 3 N–H and O–H groups in total. The first-order valence-electron chi connectivity index (χ1n) is 16.0. The molecule has 0 bridgehead atoms. The molecule has 0 aromatic heterocycles. The zero-order valence-corrected chi connectivity index (χ0v) is 27.3. The van der Waals surface area contributed by atoms with E-state index in [1.54, 1.807) is 19.9 Å². The Hall–Kier alpha value is -4.08. The number of benzene rings is 3. The number of hydrogen-bond donors (Lipinski definition) is 3. The number of non-ortho nitro benzene ring substituents is 1. The van der Waals surface area contributed by atoms with Crippen LogP contribution in [0.25, 0.3) is 0 Å². The molecule has 5 rings (SSSR count). The molecule has 244 valence electrons.